The Kier molecular flexibility index (Phi) is 5.05. The molecule has 1 saturated carbocycles. The highest BCUT2D eigenvalue weighted by atomic mass is 19.2. The van der Waals surface area contributed by atoms with Gasteiger partial charge in [-0.3, -0.25) is 0 Å². The Labute approximate surface area is 200 Å². The summed E-state index contributed by atoms with van der Waals surface area (Å²) in [5.41, 5.74) is 1.75. The van der Waals surface area contributed by atoms with Gasteiger partial charge in [0.2, 0.25) is 0 Å². The third-order valence-electron chi connectivity index (χ3n) is 7.99. The van der Waals surface area contributed by atoms with Gasteiger partial charge in [-0.15, -0.1) is 0 Å². The number of pyridine rings is 1. The maximum atomic E-state index is 14.5. The van der Waals surface area contributed by atoms with Crippen molar-refractivity contribution >= 4 is 11.5 Å². The SMILES string of the molecule is Cc1cc(N2C[C@H]3CC[C@@H](C2)C3(C)Cc2nc3c(-c4ccc(F)c(F)c4F)cccn3n2)ncn1. The third-order valence-corrected chi connectivity index (χ3v) is 7.99. The molecule has 2 fully saturated rings. The summed E-state index contributed by atoms with van der Waals surface area (Å²) < 4.78 is 43.5. The molecule has 6 nitrogen and oxygen atoms in total. The molecule has 1 aliphatic heterocycles. The van der Waals surface area contributed by atoms with Crippen molar-refractivity contribution < 1.29 is 13.2 Å². The highest BCUT2D eigenvalue weighted by Gasteiger charge is 2.51. The molecular weight excluding hydrogens is 453 g/mol. The fourth-order valence-electron chi connectivity index (χ4n) is 6.00. The lowest BCUT2D eigenvalue weighted by molar-refractivity contribution is 0.130. The number of halogens is 3. The molecule has 0 amide bonds. The summed E-state index contributed by atoms with van der Waals surface area (Å²) >= 11 is 0. The van der Waals surface area contributed by atoms with E-state index in [0.717, 1.165) is 43.5 Å². The van der Waals surface area contributed by atoms with E-state index >= 15 is 0 Å². The van der Waals surface area contributed by atoms with E-state index in [0.29, 0.717) is 35.3 Å². The van der Waals surface area contributed by atoms with E-state index in [9.17, 15) is 13.2 Å². The molecule has 4 aromatic rings. The second-order valence-electron chi connectivity index (χ2n) is 10.0. The minimum atomic E-state index is -1.49. The van der Waals surface area contributed by atoms with Crippen LogP contribution in [0.3, 0.4) is 0 Å². The molecule has 3 atom stereocenters. The molecule has 2 aliphatic rings. The van der Waals surface area contributed by atoms with Gasteiger partial charge in [0.25, 0.3) is 0 Å². The Morgan fingerprint density at radius 1 is 1.00 bits per heavy atom. The average molecular weight is 479 g/mol. The Bertz CT molecular complexity index is 1420. The topological polar surface area (TPSA) is 59.2 Å². The average Bonchev–Trinajstić information content (AvgIpc) is 3.27. The van der Waals surface area contributed by atoms with Crippen LogP contribution >= 0.6 is 0 Å². The van der Waals surface area contributed by atoms with Crippen molar-refractivity contribution in [2.45, 2.75) is 33.1 Å². The van der Waals surface area contributed by atoms with E-state index in [1.165, 1.54) is 6.07 Å². The number of nitrogens with zero attached hydrogens (tertiary/aromatic N) is 6. The summed E-state index contributed by atoms with van der Waals surface area (Å²) in [5, 5.41) is 4.67. The molecule has 0 spiro atoms. The van der Waals surface area contributed by atoms with Crippen LogP contribution in [0.5, 0.6) is 0 Å². The molecular formula is C26H25F3N6. The molecule has 0 N–H and O–H groups in total. The van der Waals surface area contributed by atoms with Crippen molar-refractivity contribution in [3.05, 3.63) is 71.8 Å². The van der Waals surface area contributed by atoms with Crippen LogP contribution in [0.2, 0.25) is 0 Å². The third kappa shape index (κ3) is 3.56. The zero-order valence-electron chi connectivity index (χ0n) is 19.5. The van der Waals surface area contributed by atoms with Crippen LogP contribution in [0.15, 0.2) is 42.9 Å². The molecule has 1 saturated heterocycles. The zero-order valence-corrected chi connectivity index (χ0v) is 19.5. The van der Waals surface area contributed by atoms with Gasteiger partial charge in [-0.1, -0.05) is 6.92 Å². The minimum absolute atomic E-state index is 0.0247. The fraction of sp³-hybridized carbons (Fsp3) is 0.385. The molecule has 1 aliphatic carbocycles. The summed E-state index contributed by atoms with van der Waals surface area (Å²) in [5.74, 6) is -1.35. The van der Waals surface area contributed by atoms with Gasteiger partial charge in [0, 0.05) is 48.6 Å². The lowest BCUT2D eigenvalue weighted by Gasteiger charge is -2.46. The van der Waals surface area contributed by atoms with Gasteiger partial charge in [0.1, 0.15) is 12.1 Å². The van der Waals surface area contributed by atoms with Crippen molar-refractivity contribution in [2.24, 2.45) is 17.3 Å². The van der Waals surface area contributed by atoms with Gasteiger partial charge in [0.15, 0.2) is 28.9 Å². The number of piperidine rings is 1. The molecule has 35 heavy (non-hydrogen) atoms. The molecule has 1 unspecified atom stereocenters. The van der Waals surface area contributed by atoms with Gasteiger partial charge >= 0.3 is 0 Å². The minimum Gasteiger partial charge on any atom is -0.356 e. The van der Waals surface area contributed by atoms with E-state index in [1.54, 1.807) is 29.2 Å². The fourth-order valence-corrected chi connectivity index (χ4v) is 6.00. The summed E-state index contributed by atoms with van der Waals surface area (Å²) in [6.45, 7) is 6.13. The summed E-state index contributed by atoms with van der Waals surface area (Å²) in [6, 6.07) is 7.56. The van der Waals surface area contributed by atoms with Crippen LogP contribution in [-0.2, 0) is 6.42 Å². The lowest BCUT2D eigenvalue weighted by Crippen LogP contribution is -2.49. The first-order valence-corrected chi connectivity index (χ1v) is 11.9. The Balaban J connectivity index is 1.31. The number of aromatic nitrogens is 5. The van der Waals surface area contributed by atoms with E-state index < -0.39 is 17.5 Å². The van der Waals surface area contributed by atoms with Crippen molar-refractivity contribution in [1.82, 2.24) is 24.6 Å². The van der Waals surface area contributed by atoms with E-state index in [4.69, 9.17) is 4.98 Å². The first-order chi connectivity index (χ1) is 16.8. The Morgan fingerprint density at radius 2 is 1.77 bits per heavy atom. The predicted molar refractivity (Wildman–Crippen MR) is 125 cm³/mol. The first-order valence-electron chi connectivity index (χ1n) is 11.9. The van der Waals surface area contributed by atoms with E-state index in [1.807, 2.05) is 13.0 Å². The maximum Gasteiger partial charge on any atom is 0.195 e. The number of benzene rings is 1. The van der Waals surface area contributed by atoms with E-state index in [-0.39, 0.29) is 11.0 Å². The molecule has 2 bridgehead atoms. The predicted octanol–water partition coefficient (Wildman–Crippen LogP) is 5.01. The van der Waals surface area contributed by atoms with Gasteiger partial charge in [-0.25, -0.2) is 32.6 Å². The van der Waals surface area contributed by atoms with Crippen LogP contribution in [0.4, 0.5) is 19.0 Å². The van der Waals surface area contributed by atoms with Crippen molar-refractivity contribution in [1.29, 1.82) is 0 Å². The lowest BCUT2D eigenvalue weighted by atomic mass is 9.68. The Morgan fingerprint density at radius 3 is 2.51 bits per heavy atom. The van der Waals surface area contributed by atoms with Gasteiger partial charge in [-0.05, 0) is 61.3 Å². The van der Waals surface area contributed by atoms with Crippen LogP contribution < -0.4 is 4.90 Å². The highest BCUT2D eigenvalue weighted by Crippen LogP contribution is 2.53. The highest BCUT2D eigenvalue weighted by molar-refractivity contribution is 5.77. The Hall–Kier alpha value is -3.49. The number of rotatable bonds is 4. The van der Waals surface area contributed by atoms with E-state index in [2.05, 4.69) is 26.9 Å². The smallest absolute Gasteiger partial charge is 0.195 e. The first kappa shape index (κ1) is 22.0. The maximum absolute atomic E-state index is 14.5. The van der Waals surface area contributed by atoms with Crippen LogP contribution in [0.1, 0.15) is 31.3 Å². The molecule has 4 heterocycles. The monoisotopic (exact) mass is 478 g/mol. The van der Waals surface area contributed by atoms with Gasteiger partial charge in [-0.2, -0.15) is 5.10 Å². The standard InChI is InChI=1S/C26H25F3N6/c1-15-10-22(31-14-30-15)34-12-16-5-6-17(13-34)26(16,2)11-21-32-25-19(4-3-9-35(25)33-21)18-7-8-20(27)24(29)23(18)28/h3-4,7-10,14,16-17H,5-6,11-13H2,1-2H3/t16-,17+,26?. The number of hydrogen-bond acceptors (Lipinski definition) is 5. The molecule has 180 valence electrons. The number of anilines is 1. The summed E-state index contributed by atoms with van der Waals surface area (Å²) in [4.78, 5) is 15.8. The van der Waals surface area contributed by atoms with Gasteiger partial charge < -0.3 is 4.90 Å². The van der Waals surface area contributed by atoms with Gasteiger partial charge in [0.05, 0.1) is 0 Å². The molecule has 1 aromatic carbocycles. The van der Waals surface area contributed by atoms with Crippen molar-refractivity contribution in [3.63, 3.8) is 0 Å². The van der Waals surface area contributed by atoms with Crippen LogP contribution in [0, 0.1) is 41.6 Å². The molecule has 3 aromatic heterocycles. The molecule has 9 heteroatoms. The second kappa shape index (κ2) is 8.03. The van der Waals surface area contributed by atoms with Crippen molar-refractivity contribution in [3.8, 4) is 11.1 Å². The molecule has 0 radical (unpaired) electrons. The van der Waals surface area contributed by atoms with Crippen molar-refractivity contribution in [2.75, 3.05) is 18.0 Å². The number of aryl methyl sites for hydroxylation is 1. The van der Waals surface area contributed by atoms with Crippen LogP contribution in [-0.4, -0.2) is 37.7 Å². The largest absolute Gasteiger partial charge is 0.356 e. The zero-order chi connectivity index (χ0) is 24.3. The summed E-state index contributed by atoms with van der Waals surface area (Å²) in [7, 11) is 0. The summed E-state index contributed by atoms with van der Waals surface area (Å²) in [6.07, 6.45) is 6.33. The number of hydrogen-bond donors (Lipinski definition) is 0. The van der Waals surface area contributed by atoms with Crippen LogP contribution in [0.25, 0.3) is 16.8 Å². The quantitative estimate of drug-likeness (QED) is 0.386. The molecule has 6 rings (SSSR count). The second-order valence-corrected chi connectivity index (χ2v) is 10.0. The normalized spacial score (nSPS) is 23.9. The number of fused-ring (bicyclic) bond motifs is 3.